The van der Waals surface area contributed by atoms with Crippen molar-refractivity contribution in [1.29, 1.82) is 0 Å². The van der Waals surface area contributed by atoms with Crippen molar-refractivity contribution in [3.63, 3.8) is 0 Å². The fourth-order valence-corrected chi connectivity index (χ4v) is 1.54. The minimum atomic E-state index is -0.135. The molecule has 0 aliphatic rings. The highest BCUT2D eigenvalue weighted by molar-refractivity contribution is 6.29. The molecule has 0 saturated carbocycles. The summed E-state index contributed by atoms with van der Waals surface area (Å²) in [6.07, 6.45) is 0. The van der Waals surface area contributed by atoms with Gasteiger partial charge in [-0.2, -0.15) is 0 Å². The Hall–Kier alpha value is -1.33. The number of likely N-dealkylation sites (N-methyl/N-ethyl adjacent to an activating group) is 1. The lowest BCUT2D eigenvalue weighted by atomic mass is 10.2. The Balaban J connectivity index is 2.73. The second kappa shape index (κ2) is 6.56. The smallest absolute Gasteiger partial charge is 0.251 e. The van der Waals surface area contributed by atoms with Crippen LogP contribution in [-0.4, -0.2) is 57.1 Å². The van der Waals surface area contributed by atoms with E-state index in [-0.39, 0.29) is 5.91 Å². The molecule has 1 aromatic heterocycles. The van der Waals surface area contributed by atoms with Gasteiger partial charge in [-0.1, -0.05) is 11.6 Å². The standard InChI is InChI=1S/C12H19ClN4O/c1-16(2)6-5-14-12(18)9-7-10(13)15-11(8-9)17(3)4/h7-8H,5-6H2,1-4H3,(H,14,18). The maximum absolute atomic E-state index is 11.9. The normalized spacial score (nSPS) is 10.6. The van der Waals surface area contributed by atoms with Crippen molar-refractivity contribution in [3.05, 3.63) is 22.8 Å². The Morgan fingerprint density at radius 3 is 2.56 bits per heavy atom. The van der Waals surface area contributed by atoms with Crippen molar-refractivity contribution in [2.24, 2.45) is 0 Å². The summed E-state index contributed by atoms with van der Waals surface area (Å²) >= 11 is 5.90. The maximum Gasteiger partial charge on any atom is 0.251 e. The van der Waals surface area contributed by atoms with E-state index >= 15 is 0 Å². The molecular weight excluding hydrogens is 252 g/mol. The Kier molecular flexibility index (Phi) is 5.37. The Morgan fingerprint density at radius 1 is 1.33 bits per heavy atom. The molecule has 0 spiro atoms. The van der Waals surface area contributed by atoms with E-state index in [1.54, 1.807) is 12.1 Å². The zero-order valence-electron chi connectivity index (χ0n) is 11.2. The van der Waals surface area contributed by atoms with Crippen LogP contribution in [0, 0.1) is 0 Å². The summed E-state index contributed by atoms with van der Waals surface area (Å²) in [5.74, 6) is 0.532. The number of hydrogen-bond donors (Lipinski definition) is 1. The van der Waals surface area contributed by atoms with Gasteiger partial charge >= 0.3 is 0 Å². The van der Waals surface area contributed by atoms with Crippen LogP contribution in [0.4, 0.5) is 5.82 Å². The van der Waals surface area contributed by atoms with Gasteiger partial charge in [-0.3, -0.25) is 4.79 Å². The van der Waals surface area contributed by atoms with Crippen LogP contribution in [0.1, 0.15) is 10.4 Å². The van der Waals surface area contributed by atoms with Crippen molar-refractivity contribution in [2.45, 2.75) is 0 Å². The van der Waals surface area contributed by atoms with Crippen LogP contribution in [0.5, 0.6) is 0 Å². The molecule has 1 aromatic rings. The van der Waals surface area contributed by atoms with Gasteiger partial charge in [-0.25, -0.2) is 4.98 Å². The van der Waals surface area contributed by atoms with Gasteiger partial charge in [-0.05, 0) is 26.2 Å². The van der Waals surface area contributed by atoms with Crippen molar-refractivity contribution >= 4 is 23.3 Å². The van der Waals surface area contributed by atoms with Gasteiger partial charge in [0.1, 0.15) is 11.0 Å². The highest BCUT2D eigenvalue weighted by Gasteiger charge is 2.09. The van der Waals surface area contributed by atoms with Gasteiger partial charge in [0.2, 0.25) is 0 Å². The van der Waals surface area contributed by atoms with E-state index < -0.39 is 0 Å². The first kappa shape index (κ1) is 14.7. The van der Waals surface area contributed by atoms with Gasteiger partial charge in [0.05, 0.1) is 0 Å². The summed E-state index contributed by atoms with van der Waals surface area (Å²) in [5, 5.41) is 3.16. The highest BCUT2D eigenvalue weighted by Crippen LogP contribution is 2.16. The van der Waals surface area contributed by atoms with Crippen molar-refractivity contribution in [3.8, 4) is 0 Å². The number of halogens is 1. The first-order valence-corrected chi connectivity index (χ1v) is 6.06. The Labute approximate surface area is 113 Å². The summed E-state index contributed by atoms with van der Waals surface area (Å²) in [5.41, 5.74) is 0.525. The van der Waals surface area contributed by atoms with Crippen LogP contribution in [0.3, 0.4) is 0 Å². The van der Waals surface area contributed by atoms with E-state index in [9.17, 15) is 4.79 Å². The van der Waals surface area contributed by atoms with Crippen molar-refractivity contribution < 1.29 is 4.79 Å². The zero-order valence-corrected chi connectivity index (χ0v) is 12.0. The molecule has 1 N–H and O–H groups in total. The molecule has 1 heterocycles. The molecule has 5 nitrogen and oxygen atoms in total. The molecule has 18 heavy (non-hydrogen) atoms. The van der Waals surface area contributed by atoms with E-state index in [0.717, 1.165) is 6.54 Å². The molecule has 0 atom stereocenters. The average Bonchev–Trinajstić information content (AvgIpc) is 2.27. The zero-order chi connectivity index (χ0) is 13.7. The number of carbonyl (C=O) groups excluding carboxylic acids is 1. The quantitative estimate of drug-likeness (QED) is 0.814. The SMILES string of the molecule is CN(C)CCNC(=O)c1cc(Cl)nc(N(C)C)c1. The molecule has 1 amide bonds. The molecule has 6 heteroatoms. The first-order chi connectivity index (χ1) is 8.40. The predicted octanol–water partition coefficient (Wildman–Crippen LogP) is 1.09. The molecule has 0 fully saturated rings. The third kappa shape index (κ3) is 4.50. The lowest BCUT2D eigenvalue weighted by molar-refractivity contribution is 0.0951. The number of nitrogens with one attached hydrogen (secondary N) is 1. The number of hydrogen-bond acceptors (Lipinski definition) is 4. The Bertz CT molecular complexity index is 421. The fraction of sp³-hybridized carbons (Fsp3) is 0.500. The summed E-state index contributed by atoms with van der Waals surface area (Å²) in [4.78, 5) is 19.9. The molecule has 0 saturated heterocycles. The lowest BCUT2D eigenvalue weighted by Gasteiger charge is -2.14. The number of rotatable bonds is 5. The van der Waals surface area contributed by atoms with Crippen LogP contribution >= 0.6 is 11.6 Å². The fourth-order valence-electron chi connectivity index (χ4n) is 1.34. The van der Waals surface area contributed by atoms with Gasteiger partial charge in [0.25, 0.3) is 5.91 Å². The van der Waals surface area contributed by atoms with Gasteiger partial charge < -0.3 is 15.1 Å². The molecule has 0 aromatic carbocycles. The minimum Gasteiger partial charge on any atom is -0.363 e. The number of aromatic nitrogens is 1. The molecule has 0 bridgehead atoms. The van der Waals surface area contributed by atoms with Crippen molar-refractivity contribution in [1.82, 2.24) is 15.2 Å². The molecule has 0 aliphatic carbocycles. The third-order valence-electron chi connectivity index (χ3n) is 2.35. The van der Waals surface area contributed by atoms with Gasteiger partial charge in [0.15, 0.2) is 0 Å². The number of anilines is 1. The second-order valence-electron chi connectivity index (χ2n) is 4.49. The summed E-state index contributed by atoms with van der Waals surface area (Å²) in [6.45, 7) is 1.40. The van der Waals surface area contributed by atoms with Crippen LogP contribution < -0.4 is 10.2 Å². The van der Waals surface area contributed by atoms with E-state index in [4.69, 9.17) is 11.6 Å². The van der Waals surface area contributed by atoms with Crippen LogP contribution in [0.2, 0.25) is 5.15 Å². The number of pyridine rings is 1. The first-order valence-electron chi connectivity index (χ1n) is 5.68. The monoisotopic (exact) mass is 270 g/mol. The number of amides is 1. The predicted molar refractivity (Wildman–Crippen MR) is 74.5 cm³/mol. The summed E-state index contributed by atoms with van der Waals surface area (Å²) in [6, 6.07) is 3.29. The maximum atomic E-state index is 11.9. The largest absolute Gasteiger partial charge is 0.363 e. The summed E-state index contributed by atoms with van der Waals surface area (Å²) < 4.78 is 0. The summed E-state index contributed by atoms with van der Waals surface area (Å²) in [7, 11) is 7.62. The minimum absolute atomic E-state index is 0.135. The van der Waals surface area contributed by atoms with Crippen LogP contribution in [-0.2, 0) is 0 Å². The average molecular weight is 271 g/mol. The van der Waals surface area contributed by atoms with E-state index in [1.807, 2.05) is 38.0 Å². The van der Waals surface area contributed by atoms with Crippen molar-refractivity contribution in [2.75, 3.05) is 46.2 Å². The third-order valence-corrected chi connectivity index (χ3v) is 2.54. The molecule has 0 unspecified atom stereocenters. The van der Waals surface area contributed by atoms with Crippen LogP contribution in [0.25, 0.3) is 0 Å². The van der Waals surface area contributed by atoms with E-state index in [0.29, 0.717) is 23.1 Å². The number of nitrogens with zero attached hydrogens (tertiary/aromatic N) is 3. The molecule has 0 aliphatic heterocycles. The van der Waals surface area contributed by atoms with Gasteiger partial charge in [-0.15, -0.1) is 0 Å². The van der Waals surface area contributed by atoms with Crippen LogP contribution in [0.15, 0.2) is 12.1 Å². The highest BCUT2D eigenvalue weighted by atomic mass is 35.5. The Morgan fingerprint density at radius 2 is 2.00 bits per heavy atom. The lowest BCUT2D eigenvalue weighted by Crippen LogP contribution is -2.31. The molecule has 100 valence electrons. The van der Waals surface area contributed by atoms with E-state index in [1.165, 1.54) is 0 Å². The molecular formula is C12H19ClN4O. The number of carbonyl (C=O) groups is 1. The van der Waals surface area contributed by atoms with Gasteiger partial charge in [0, 0.05) is 32.7 Å². The molecule has 1 rings (SSSR count). The second-order valence-corrected chi connectivity index (χ2v) is 4.88. The van der Waals surface area contributed by atoms with E-state index in [2.05, 4.69) is 10.3 Å². The molecule has 0 radical (unpaired) electrons. The topological polar surface area (TPSA) is 48.5 Å².